The number of benzene rings is 2. The molecule has 124 valence electrons. The van der Waals surface area contributed by atoms with E-state index in [1.54, 1.807) is 7.11 Å². The Morgan fingerprint density at radius 3 is 2.96 bits per heavy atom. The Balaban J connectivity index is 1.61. The summed E-state index contributed by atoms with van der Waals surface area (Å²) >= 11 is 0. The molecule has 4 rings (SSSR count). The van der Waals surface area contributed by atoms with E-state index in [2.05, 4.69) is 47.6 Å². The molecular formula is C21H24N2O. The van der Waals surface area contributed by atoms with E-state index in [0.717, 1.165) is 12.3 Å². The Kier molecular flexibility index (Phi) is 4.03. The second-order valence-electron chi connectivity index (χ2n) is 6.70. The first kappa shape index (κ1) is 15.3. The summed E-state index contributed by atoms with van der Waals surface area (Å²) in [6.45, 7) is 2.99. The predicted molar refractivity (Wildman–Crippen MR) is 98.5 cm³/mol. The van der Waals surface area contributed by atoms with Crippen molar-refractivity contribution in [3.05, 3.63) is 64.8 Å². The molecule has 1 heterocycles. The van der Waals surface area contributed by atoms with Gasteiger partial charge in [-0.1, -0.05) is 29.8 Å². The number of methoxy groups -OCH3 is 1. The van der Waals surface area contributed by atoms with Crippen molar-refractivity contribution in [1.82, 2.24) is 10.3 Å². The Labute approximate surface area is 143 Å². The van der Waals surface area contributed by atoms with Gasteiger partial charge in [0, 0.05) is 34.7 Å². The van der Waals surface area contributed by atoms with E-state index in [-0.39, 0.29) is 0 Å². The van der Waals surface area contributed by atoms with Gasteiger partial charge in [-0.3, -0.25) is 0 Å². The standard InChI is InChI=1S/C21H24N2O/c1-14-10-11-18-17(12-14)16-7-5-8-19(21(16)23-18)22-13-15-6-3-4-9-20(15)24-2/h3-4,6,9-12,19,22-23H,5,7-8,13H2,1-2H3. The van der Waals surface area contributed by atoms with E-state index in [1.165, 1.54) is 52.5 Å². The highest BCUT2D eigenvalue weighted by Crippen LogP contribution is 2.35. The largest absolute Gasteiger partial charge is 0.496 e. The van der Waals surface area contributed by atoms with Crippen LogP contribution in [0.4, 0.5) is 0 Å². The van der Waals surface area contributed by atoms with Crippen LogP contribution in [0.15, 0.2) is 42.5 Å². The third-order valence-corrected chi connectivity index (χ3v) is 5.09. The second-order valence-corrected chi connectivity index (χ2v) is 6.70. The van der Waals surface area contributed by atoms with Crippen LogP contribution in [0.1, 0.15) is 41.3 Å². The lowest BCUT2D eigenvalue weighted by molar-refractivity contribution is 0.400. The number of aromatic amines is 1. The molecule has 0 spiro atoms. The van der Waals surface area contributed by atoms with E-state index in [9.17, 15) is 0 Å². The average Bonchev–Trinajstić information content (AvgIpc) is 2.98. The van der Waals surface area contributed by atoms with Gasteiger partial charge in [0.2, 0.25) is 0 Å². The summed E-state index contributed by atoms with van der Waals surface area (Å²) < 4.78 is 5.47. The van der Waals surface area contributed by atoms with Crippen molar-refractivity contribution in [2.75, 3.05) is 7.11 Å². The minimum absolute atomic E-state index is 0.381. The average molecular weight is 320 g/mol. The van der Waals surface area contributed by atoms with Crippen molar-refractivity contribution >= 4 is 10.9 Å². The van der Waals surface area contributed by atoms with Crippen molar-refractivity contribution in [3.63, 3.8) is 0 Å². The molecule has 0 radical (unpaired) electrons. The maximum Gasteiger partial charge on any atom is 0.123 e. The molecule has 1 aliphatic carbocycles. The zero-order valence-electron chi connectivity index (χ0n) is 14.4. The van der Waals surface area contributed by atoms with Crippen LogP contribution in [0, 0.1) is 6.92 Å². The predicted octanol–water partition coefficient (Wildman–Crippen LogP) is 4.65. The Morgan fingerprint density at radius 1 is 1.21 bits per heavy atom. The number of aryl methyl sites for hydroxylation is 2. The first-order valence-electron chi connectivity index (χ1n) is 8.72. The van der Waals surface area contributed by atoms with Gasteiger partial charge in [0.15, 0.2) is 0 Å². The number of hydrogen-bond donors (Lipinski definition) is 2. The third kappa shape index (κ3) is 2.69. The van der Waals surface area contributed by atoms with Gasteiger partial charge in [0.1, 0.15) is 5.75 Å². The first-order valence-corrected chi connectivity index (χ1v) is 8.72. The van der Waals surface area contributed by atoms with Crippen molar-refractivity contribution in [2.45, 2.75) is 38.8 Å². The van der Waals surface area contributed by atoms with Crippen LogP contribution in [0.5, 0.6) is 5.75 Å². The summed E-state index contributed by atoms with van der Waals surface area (Å²) in [6.07, 6.45) is 3.58. The summed E-state index contributed by atoms with van der Waals surface area (Å²) in [5.41, 5.74) is 6.67. The molecule has 2 N–H and O–H groups in total. The Bertz CT molecular complexity index is 865. The summed E-state index contributed by atoms with van der Waals surface area (Å²) in [4.78, 5) is 3.66. The molecule has 3 nitrogen and oxygen atoms in total. The lowest BCUT2D eigenvalue weighted by atomic mass is 9.91. The van der Waals surface area contributed by atoms with Gasteiger partial charge in [0.25, 0.3) is 0 Å². The Morgan fingerprint density at radius 2 is 2.08 bits per heavy atom. The number of hydrogen-bond acceptors (Lipinski definition) is 2. The maximum atomic E-state index is 5.47. The van der Waals surface area contributed by atoms with Crippen molar-refractivity contribution < 1.29 is 4.74 Å². The van der Waals surface area contributed by atoms with E-state index in [0.29, 0.717) is 6.04 Å². The number of H-pyrrole nitrogens is 1. The topological polar surface area (TPSA) is 37.0 Å². The molecule has 0 saturated carbocycles. The molecular weight excluding hydrogens is 296 g/mol. The highest BCUT2D eigenvalue weighted by Gasteiger charge is 2.24. The fraction of sp³-hybridized carbons (Fsp3) is 0.333. The van der Waals surface area contributed by atoms with Gasteiger partial charge >= 0.3 is 0 Å². The molecule has 1 aliphatic rings. The molecule has 0 aliphatic heterocycles. The van der Waals surface area contributed by atoms with Gasteiger partial charge in [-0.25, -0.2) is 0 Å². The van der Waals surface area contributed by atoms with Crippen LogP contribution in [0.3, 0.4) is 0 Å². The zero-order valence-corrected chi connectivity index (χ0v) is 14.4. The third-order valence-electron chi connectivity index (χ3n) is 5.09. The normalized spacial score (nSPS) is 17.0. The van der Waals surface area contributed by atoms with E-state index in [1.807, 2.05) is 12.1 Å². The van der Waals surface area contributed by atoms with Gasteiger partial charge in [-0.05, 0) is 49.9 Å². The summed E-state index contributed by atoms with van der Waals surface area (Å²) in [5, 5.41) is 5.13. The monoisotopic (exact) mass is 320 g/mol. The second kappa shape index (κ2) is 6.33. The molecule has 3 aromatic rings. The fourth-order valence-electron chi connectivity index (χ4n) is 3.86. The quantitative estimate of drug-likeness (QED) is 0.734. The van der Waals surface area contributed by atoms with Crippen molar-refractivity contribution in [1.29, 1.82) is 0 Å². The van der Waals surface area contributed by atoms with Crippen molar-refractivity contribution in [3.8, 4) is 5.75 Å². The SMILES string of the molecule is COc1ccccc1CNC1CCCc2c1[nH]c1ccc(C)cc21. The minimum Gasteiger partial charge on any atom is -0.496 e. The van der Waals surface area contributed by atoms with Crippen LogP contribution >= 0.6 is 0 Å². The van der Waals surface area contributed by atoms with E-state index >= 15 is 0 Å². The summed E-state index contributed by atoms with van der Waals surface area (Å²) in [7, 11) is 1.73. The van der Waals surface area contributed by atoms with Gasteiger partial charge in [0.05, 0.1) is 7.11 Å². The van der Waals surface area contributed by atoms with Crippen LogP contribution in [0.2, 0.25) is 0 Å². The van der Waals surface area contributed by atoms with Crippen LogP contribution < -0.4 is 10.1 Å². The molecule has 0 fully saturated rings. The summed E-state index contributed by atoms with van der Waals surface area (Å²) in [5.74, 6) is 0.952. The number of fused-ring (bicyclic) bond motifs is 3. The number of aromatic nitrogens is 1. The number of nitrogens with one attached hydrogen (secondary N) is 2. The molecule has 1 unspecified atom stereocenters. The molecule has 0 amide bonds. The fourth-order valence-corrected chi connectivity index (χ4v) is 3.86. The first-order chi connectivity index (χ1) is 11.8. The number of para-hydroxylation sites is 1. The van der Waals surface area contributed by atoms with Gasteiger partial charge in [-0.2, -0.15) is 0 Å². The molecule has 0 bridgehead atoms. The maximum absolute atomic E-state index is 5.47. The van der Waals surface area contributed by atoms with Crippen molar-refractivity contribution in [2.24, 2.45) is 0 Å². The molecule has 1 atom stereocenters. The lowest BCUT2D eigenvalue weighted by Gasteiger charge is -2.24. The summed E-state index contributed by atoms with van der Waals surface area (Å²) in [6, 6.07) is 15.3. The van der Waals surface area contributed by atoms with E-state index in [4.69, 9.17) is 4.74 Å². The number of rotatable bonds is 4. The smallest absolute Gasteiger partial charge is 0.123 e. The zero-order chi connectivity index (χ0) is 16.5. The molecule has 24 heavy (non-hydrogen) atoms. The highest BCUT2D eigenvalue weighted by molar-refractivity contribution is 5.85. The highest BCUT2D eigenvalue weighted by atomic mass is 16.5. The van der Waals surface area contributed by atoms with E-state index < -0.39 is 0 Å². The van der Waals surface area contributed by atoms with Gasteiger partial charge in [-0.15, -0.1) is 0 Å². The van der Waals surface area contributed by atoms with Gasteiger partial charge < -0.3 is 15.0 Å². The lowest BCUT2D eigenvalue weighted by Crippen LogP contribution is -2.25. The van der Waals surface area contributed by atoms with Crippen LogP contribution in [-0.2, 0) is 13.0 Å². The molecule has 0 saturated heterocycles. The molecule has 3 heteroatoms. The Hall–Kier alpha value is -2.26. The molecule has 2 aromatic carbocycles. The van der Waals surface area contributed by atoms with Crippen LogP contribution in [-0.4, -0.2) is 12.1 Å². The van der Waals surface area contributed by atoms with Crippen LogP contribution in [0.25, 0.3) is 10.9 Å². The minimum atomic E-state index is 0.381. The molecule has 1 aromatic heterocycles. The number of ether oxygens (including phenoxy) is 1.